The summed E-state index contributed by atoms with van der Waals surface area (Å²) in [6, 6.07) is 9.04. The largest absolute Gasteiger partial charge is 0.395 e. The van der Waals surface area contributed by atoms with Crippen molar-refractivity contribution in [3.8, 4) is 6.07 Å². The van der Waals surface area contributed by atoms with E-state index in [0.717, 1.165) is 19.4 Å². The topological polar surface area (TPSA) is 76.4 Å². The highest BCUT2D eigenvalue weighted by Gasteiger charge is 2.27. The van der Waals surface area contributed by atoms with Gasteiger partial charge in [0.05, 0.1) is 18.2 Å². The summed E-state index contributed by atoms with van der Waals surface area (Å²) in [6.45, 7) is 3.92. The maximum atomic E-state index is 12.0. The maximum Gasteiger partial charge on any atom is 0.225 e. The van der Waals surface area contributed by atoms with Gasteiger partial charge in [0.25, 0.3) is 0 Å². The molecule has 1 amide bonds. The SMILES string of the molecule is CC1CCCN(CCC(=O)Nc2ccc(C#N)cc2)C1CO. The average molecular weight is 301 g/mol. The van der Waals surface area contributed by atoms with Crippen LogP contribution in [0.2, 0.25) is 0 Å². The van der Waals surface area contributed by atoms with Crippen molar-refractivity contribution in [2.45, 2.75) is 32.2 Å². The van der Waals surface area contributed by atoms with E-state index in [9.17, 15) is 9.90 Å². The average Bonchev–Trinajstić information content (AvgIpc) is 2.53. The number of hydrogen-bond donors (Lipinski definition) is 2. The zero-order valence-electron chi connectivity index (χ0n) is 13.0. The summed E-state index contributed by atoms with van der Waals surface area (Å²) in [4.78, 5) is 14.2. The molecule has 1 aliphatic heterocycles. The summed E-state index contributed by atoms with van der Waals surface area (Å²) in [6.07, 6.45) is 2.66. The number of anilines is 1. The molecule has 0 aliphatic carbocycles. The van der Waals surface area contributed by atoms with E-state index < -0.39 is 0 Å². The van der Waals surface area contributed by atoms with Crippen LogP contribution in [0.15, 0.2) is 24.3 Å². The minimum absolute atomic E-state index is 0.0420. The molecule has 1 heterocycles. The van der Waals surface area contributed by atoms with Crippen LogP contribution in [0.3, 0.4) is 0 Å². The van der Waals surface area contributed by atoms with E-state index in [-0.39, 0.29) is 18.6 Å². The number of carbonyl (C=O) groups is 1. The van der Waals surface area contributed by atoms with Gasteiger partial charge in [-0.15, -0.1) is 0 Å². The van der Waals surface area contributed by atoms with Crippen LogP contribution in [-0.2, 0) is 4.79 Å². The standard InChI is InChI=1S/C17H23N3O2/c1-13-3-2-9-20(16(13)12-21)10-8-17(22)19-15-6-4-14(11-18)5-7-15/h4-7,13,16,21H,2-3,8-10,12H2,1H3,(H,19,22). The Hall–Kier alpha value is -1.90. The van der Waals surface area contributed by atoms with E-state index in [2.05, 4.69) is 17.1 Å². The normalized spacial score (nSPS) is 22.0. The van der Waals surface area contributed by atoms with Gasteiger partial charge >= 0.3 is 0 Å². The molecule has 1 aliphatic rings. The van der Waals surface area contributed by atoms with Crippen molar-refractivity contribution in [1.29, 1.82) is 5.26 Å². The van der Waals surface area contributed by atoms with Crippen molar-refractivity contribution < 1.29 is 9.90 Å². The van der Waals surface area contributed by atoms with Crippen LogP contribution in [0.4, 0.5) is 5.69 Å². The second kappa shape index (κ2) is 7.92. The molecule has 118 valence electrons. The highest BCUT2D eigenvalue weighted by atomic mass is 16.3. The summed E-state index contributed by atoms with van der Waals surface area (Å²) in [5.74, 6) is 0.431. The lowest BCUT2D eigenvalue weighted by Gasteiger charge is -2.38. The first-order valence-corrected chi connectivity index (χ1v) is 7.79. The first-order chi connectivity index (χ1) is 10.6. The quantitative estimate of drug-likeness (QED) is 0.872. The molecule has 0 radical (unpaired) electrons. The number of piperidine rings is 1. The highest BCUT2D eigenvalue weighted by Crippen LogP contribution is 2.23. The first-order valence-electron chi connectivity index (χ1n) is 7.79. The number of likely N-dealkylation sites (tertiary alicyclic amines) is 1. The predicted octanol–water partition coefficient (Wildman–Crippen LogP) is 1.98. The van der Waals surface area contributed by atoms with Gasteiger partial charge in [-0.1, -0.05) is 6.92 Å². The smallest absolute Gasteiger partial charge is 0.225 e. The predicted molar refractivity (Wildman–Crippen MR) is 85.2 cm³/mol. The fraction of sp³-hybridized carbons (Fsp3) is 0.529. The van der Waals surface area contributed by atoms with Gasteiger partial charge in [-0.05, 0) is 49.6 Å². The number of hydrogen-bond acceptors (Lipinski definition) is 4. The summed E-state index contributed by atoms with van der Waals surface area (Å²) in [7, 11) is 0. The van der Waals surface area contributed by atoms with Gasteiger partial charge in [-0.2, -0.15) is 5.26 Å². The van der Waals surface area contributed by atoms with Crippen molar-refractivity contribution in [3.63, 3.8) is 0 Å². The Morgan fingerprint density at radius 1 is 1.45 bits per heavy atom. The Balaban J connectivity index is 1.82. The lowest BCUT2D eigenvalue weighted by Crippen LogP contribution is -2.47. The molecule has 1 saturated heterocycles. The van der Waals surface area contributed by atoms with Crippen molar-refractivity contribution in [2.75, 3.05) is 25.0 Å². The molecule has 5 nitrogen and oxygen atoms in total. The van der Waals surface area contributed by atoms with Crippen LogP contribution in [0.5, 0.6) is 0 Å². The maximum absolute atomic E-state index is 12.0. The Kier molecular flexibility index (Phi) is 5.93. The Labute approximate surface area is 131 Å². The molecule has 0 spiro atoms. The molecule has 1 aromatic rings. The number of rotatable bonds is 5. The van der Waals surface area contributed by atoms with Crippen LogP contribution in [0.1, 0.15) is 31.7 Å². The van der Waals surface area contributed by atoms with E-state index >= 15 is 0 Å². The van der Waals surface area contributed by atoms with Crippen LogP contribution in [-0.4, -0.2) is 41.7 Å². The van der Waals surface area contributed by atoms with E-state index in [0.29, 0.717) is 30.1 Å². The van der Waals surface area contributed by atoms with Crippen molar-refractivity contribution in [3.05, 3.63) is 29.8 Å². The molecule has 0 saturated carbocycles. The molecule has 2 rings (SSSR count). The second-order valence-corrected chi connectivity index (χ2v) is 5.89. The molecule has 0 bridgehead atoms. The summed E-state index contributed by atoms with van der Waals surface area (Å²) >= 11 is 0. The van der Waals surface area contributed by atoms with Gasteiger partial charge in [0, 0.05) is 24.7 Å². The van der Waals surface area contributed by atoms with Crippen molar-refractivity contribution in [1.82, 2.24) is 4.90 Å². The third-order valence-corrected chi connectivity index (χ3v) is 4.34. The molecule has 22 heavy (non-hydrogen) atoms. The molecule has 2 atom stereocenters. The Morgan fingerprint density at radius 2 is 2.18 bits per heavy atom. The van der Waals surface area contributed by atoms with Crippen LogP contribution in [0.25, 0.3) is 0 Å². The van der Waals surface area contributed by atoms with Crippen LogP contribution >= 0.6 is 0 Å². The van der Waals surface area contributed by atoms with E-state index in [1.165, 1.54) is 0 Å². The lowest BCUT2D eigenvalue weighted by molar-refractivity contribution is -0.116. The number of aliphatic hydroxyl groups excluding tert-OH is 1. The molecule has 5 heteroatoms. The second-order valence-electron chi connectivity index (χ2n) is 5.89. The zero-order valence-corrected chi connectivity index (χ0v) is 13.0. The van der Waals surface area contributed by atoms with Gasteiger partial charge in [0.2, 0.25) is 5.91 Å². The number of carbonyl (C=O) groups excluding carboxylic acids is 1. The number of nitriles is 1. The fourth-order valence-electron chi connectivity index (χ4n) is 3.00. The number of benzene rings is 1. The lowest BCUT2D eigenvalue weighted by atomic mass is 9.91. The first kappa shape index (κ1) is 16.5. The number of nitrogens with one attached hydrogen (secondary N) is 1. The summed E-state index contributed by atoms with van der Waals surface area (Å²) < 4.78 is 0. The minimum Gasteiger partial charge on any atom is -0.395 e. The monoisotopic (exact) mass is 301 g/mol. The van der Waals surface area contributed by atoms with Crippen molar-refractivity contribution >= 4 is 11.6 Å². The van der Waals surface area contributed by atoms with Gasteiger partial charge < -0.3 is 10.4 Å². The van der Waals surface area contributed by atoms with Gasteiger partial charge in [0.15, 0.2) is 0 Å². The molecule has 2 N–H and O–H groups in total. The molecule has 1 fully saturated rings. The number of amides is 1. The van der Waals surface area contributed by atoms with Crippen LogP contribution in [0, 0.1) is 17.2 Å². The van der Waals surface area contributed by atoms with Crippen LogP contribution < -0.4 is 5.32 Å². The van der Waals surface area contributed by atoms with E-state index in [1.807, 2.05) is 6.07 Å². The van der Waals surface area contributed by atoms with Gasteiger partial charge in [0.1, 0.15) is 0 Å². The minimum atomic E-state index is -0.0420. The Bertz CT molecular complexity index is 536. The third kappa shape index (κ3) is 4.30. The zero-order chi connectivity index (χ0) is 15.9. The van der Waals surface area contributed by atoms with Gasteiger partial charge in [-0.25, -0.2) is 0 Å². The molecule has 0 aromatic heterocycles. The molecule has 2 unspecified atom stereocenters. The summed E-state index contributed by atoms with van der Waals surface area (Å²) in [5, 5.41) is 21.1. The van der Waals surface area contributed by atoms with Gasteiger partial charge in [-0.3, -0.25) is 9.69 Å². The molecule has 1 aromatic carbocycles. The van der Waals surface area contributed by atoms with E-state index in [4.69, 9.17) is 5.26 Å². The fourth-order valence-corrected chi connectivity index (χ4v) is 3.00. The third-order valence-electron chi connectivity index (χ3n) is 4.34. The Morgan fingerprint density at radius 3 is 2.82 bits per heavy atom. The van der Waals surface area contributed by atoms with E-state index in [1.54, 1.807) is 24.3 Å². The molecular formula is C17H23N3O2. The highest BCUT2D eigenvalue weighted by molar-refractivity contribution is 5.90. The number of nitrogens with zero attached hydrogens (tertiary/aromatic N) is 2. The van der Waals surface area contributed by atoms with Crippen molar-refractivity contribution in [2.24, 2.45) is 5.92 Å². The summed E-state index contributed by atoms with van der Waals surface area (Å²) in [5.41, 5.74) is 1.28. The molecular weight excluding hydrogens is 278 g/mol. The number of aliphatic hydroxyl groups is 1.